The van der Waals surface area contributed by atoms with Crippen molar-refractivity contribution in [2.75, 3.05) is 37.9 Å². The van der Waals surface area contributed by atoms with Crippen LogP contribution in [0.1, 0.15) is 11.1 Å². The molecular weight excluding hydrogens is 422 g/mol. The number of fused-ring (bicyclic) bond motifs is 2. The number of anilines is 1. The van der Waals surface area contributed by atoms with E-state index in [9.17, 15) is 4.79 Å². The van der Waals surface area contributed by atoms with Gasteiger partial charge in [-0.15, -0.1) is 0 Å². The Kier molecular flexibility index (Phi) is 5.00. The molecule has 2 aromatic carbocycles. The van der Waals surface area contributed by atoms with Crippen molar-refractivity contribution < 1.29 is 14.3 Å². The van der Waals surface area contributed by atoms with Gasteiger partial charge in [-0.05, 0) is 42.3 Å². The van der Waals surface area contributed by atoms with E-state index in [1.807, 2.05) is 48.2 Å². The van der Waals surface area contributed by atoms with Crippen molar-refractivity contribution >= 4 is 50.3 Å². The fraction of sp³-hybridized carbons (Fsp3) is 0.273. The molecule has 0 radical (unpaired) electrons. The summed E-state index contributed by atoms with van der Waals surface area (Å²) in [6.07, 6.45) is 3.43. The van der Waals surface area contributed by atoms with Crippen LogP contribution in [0.3, 0.4) is 0 Å². The molecule has 0 saturated carbocycles. The van der Waals surface area contributed by atoms with E-state index in [-0.39, 0.29) is 12.7 Å². The minimum Gasteiger partial charge on any atom is -0.454 e. The van der Waals surface area contributed by atoms with Gasteiger partial charge in [-0.3, -0.25) is 4.79 Å². The second-order valence-corrected chi connectivity index (χ2v) is 8.68. The number of ether oxygens (including phenoxy) is 2. The van der Waals surface area contributed by atoms with Gasteiger partial charge in [0.25, 0.3) is 0 Å². The van der Waals surface area contributed by atoms with E-state index >= 15 is 0 Å². The summed E-state index contributed by atoms with van der Waals surface area (Å²) in [5.74, 6) is 1.46. The van der Waals surface area contributed by atoms with Crippen LogP contribution in [-0.4, -0.2) is 48.8 Å². The maximum Gasteiger partial charge on any atom is 0.246 e. The molecule has 3 heterocycles. The minimum absolute atomic E-state index is 0.00973. The molecule has 0 atom stereocenters. The molecular formula is C22H20ClN3O3S. The van der Waals surface area contributed by atoms with Crippen LogP contribution in [-0.2, 0) is 4.79 Å². The molecule has 154 valence electrons. The van der Waals surface area contributed by atoms with Crippen molar-refractivity contribution in [1.29, 1.82) is 0 Å². The van der Waals surface area contributed by atoms with Crippen LogP contribution in [0.5, 0.6) is 11.5 Å². The maximum atomic E-state index is 12.6. The predicted octanol–water partition coefficient (Wildman–Crippen LogP) is 4.35. The van der Waals surface area contributed by atoms with Crippen molar-refractivity contribution in [3.05, 3.63) is 52.6 Å². The highest BCUT2D eigenvalue weighted by Gasteiger charge is 2.23. The van der Waals surface area contributed by atoms with Crippen LogP contribution in [0.2, 0.25) is 5.02 Å². The second kappa shape index (κ2) is 7.81. The summed E-state index contributed by atoms with van der Waals surface area (Å²) in [6.45, 7) is 5.11. The van der Waals surface area contributed by atoms with E-state index in [2.05, 4.69) is 4.90 Å². The minimum atomic E-state index is 0.00973. The topological polar surface area (TPSA) is 54.9 Å². The van der Waals surface area contributed by atoms with Crippen LogP contribution < -0.4 is 14.4 Å². The van der Waals surface area contributed by atoms with Crippen molar-refractivity contribution in [1.82, 2.24) is 9.88 Å². The summed E-state index contributed by atoms with van der Waals surface area (Å²) in [5, 5.41) is 1.70. The third-order valence-electron chi connectivity index (χ3n) is 5.36. The lowest BCUT2D eigenvalue weighted by atomic mass is 10.2. The van der Waals surface area contributed by atoms with Gasteiger partial charge in [0.15, 0.2) is 16.6 Å². The molecule has 0 unspecified atom stereocenters. The van der Waals surface area contributed by atoms with Crippen molar-refractivity contribution in [2.45, 2.75) is 6.92 Å². The number of aryl methyl sites for hydroxylation is 1. The molecule has 30 heavy (non-hydrogen) atoms. The average molecular weight is 442 g/mol. The summed E-state index contributed by atoms with van der Waals surface area (Å²) >= 11 is 7.95. The second-order valence-electron chi connectivity index (χ2n) is 7.30. The Morgan fingerprint density at radius 3 is 2.73 bits per heavy atom. The van der Waals surface area contributed by atoms with Crippen LogP contribution in [0.4, 0.5) is 5.13 Å². The SMILES string of the molecule is Cc1ccc(Cl)c2sc(N3CCN(C(=O)/C=C\c4ccc5c(c4)OCO5)CC3)nc12. The lowest BCUT2D eigenvalue weighted by Crippen LogP contribution is -2.48. The number of carbonyl (C=O) groups is 1. The lowest BCUT2D eigenvalue weighted by Gasteiger charge is -2.34. The highest BCUT2D eigenvalue weighted by molar-refractivity contribution is 7.22. The van der Waals surface area contributed by atoms with Gasteiger partial charge >= 0.3 is 0 Å². The van der Waals surface area contributed by atoms with Crippen LogP contribution >= 0.6 is 22.9 Å². The average Bonchev–Trinajstić information content (AvgIpc) is 3.42. The Balaban J connectivity index is 1.23. The molecule has 6 nitrogen and oxygen atoms in total. The Morgan fingerprint density at radius 2 is 1.93 bits per heavy atom. The van der Waals surface area contributed by atoms with Crippen molar-refractivity contribution in [2.24, 2.45) is 0 Å². The zero-order valence-corrected chi connectivity index (χ0v) is 18.0. The van der Waals surface area contributed by atoms with Crippen LogP contribution in [0.15, 0.2) is 36.4 Å². The number of aromatic nitrogens is 1. The fourth-order valence-corrected chi connectivity index (χ4v) is 5.00. The molecule has 0 N–H and O–H groups in total. The third kappa shape index (κ3) is 3.59. The van der Waals surface area contributed by atoms with Gasteiger partial charge in [-0.25, -0.2) is 4.98 Å². The quantitative estimate of drug-likeness (QED) is 0.565. The Bertz CT molecular complexity index is 1110. The molecule has 1 fully saturated rings. The first-order valence-electron chi connectivity index (χ1n) is 9.76. The van der Waals surface area contributed by atoms with E-state index in [0.29, 0.717) is 18.8 Å². The lowest BCUT2D eigenvalue weighted by molar-refractivity contribution is -0.126. The zero-order chi connectivity index (χ0) is 20.7. The molecule has 2 aliphatic rings. The number of rotatable bonds is 3. The monoisotopic (exact) mass is 441 g/mol. The molecule has 8 heteroatoms. The number of halogens is 1. The fourth-order valence-electron chi connectivity index (χ4n) is 3.63. The van der Waals surface area contributed by atoms with Gasteiger partial charge in [0.1, 0.15) is 0 Å². The van der Waals surface area contributed by atoms with Crippen LogP contribution in [0.25, 0.3) is 16.3 Å². The number of hydrogen-bond donors (Lipinski definition) is 0. The zero-order valence-electron chi connectivity index (χ0n) is 16.4. The first kappa shape index (κ1) is 19.2. The van der Waals surface area contributed by atoms with E-state index in [0.717, 1.165) is 50.3 Å². The highest BCUT2D eigenvalue weighted by Crippen LogP contribution is 2.36. The van der Waals surface area contributed by atoms with Gasteiger partial charge in [0.2, 0.25) is 12.7 Å². The molecule has 1 amide bonds. The van der Waals surface area contributed by atoms with E-state index in [1.165, 1.54) is 0 Å². The summed E-state index contributed by atoms with van der Waals surface area (Å²) in [7, 11) is 0. The normalized spacial score (nSPS) is 16.1. The number of thiazole rings is 1. The molecule has 0 spiro atoms. The third-order valence-corrected chi connectivity index (χ3v) is 6.94. The standard InChI is InChI=1S/C22H20ClN3O3S/c1-14-2-5-16(23)21-20(14)24-22(30-21)26-10-8-25(9-11-26)19(27)7-4-15-3-6-17-18(12-15)29-13-28-17/h2-7,12H,8-11,13H2,1H3/b7-4-. The number of hydrogen-bond acceptors (Lipinski definition) is 6. The van der Waals surface area contributed by atoms with Crippen LogP contribution in [0, 0.1) is 6.92 Å². The number of piperazine rings is 1. The maximum absolute atomic E-state index is 12.6. The van der Waals surface area contributed by atoms with E-state index in [4.69, 9.17) is 26.1 Å². The smallest absolute Gasteiger partial charge is 0.246 e. The Labute approximate surface area is 183 Å². The van der Waals surface area contributed by atoms with E-state index < -0.39 is 0 Å². The molecule has 1 aromatic heterocycles. The van der Waals surface area contributed by atoms with E-state index in [1.54, 1.807) is 17.4 Å². The molecule has 2 aliphatic heterocycles. The Morgan fingerprint density at radius 1 is 1.13 bits per heavy atom. The van der Waals surface area contributed by atoms with Crippen molar-refractivity contribution in [3.8, 4) is 11.5 Å². The van der Waals surface area contributed by atoms with Gasteiger partial charge in [-0.1, -0.05) is 35.1 Å². The molecule has 1 saturated heterocycles. The van der Waals surface area contributed by atoms with Gasteiger partial charge < -0.3 is 19.3 Å². The number of nitrogens with zero attached hydrogens (tertiary/aromatic N) is 3. The molecule has 0 aliphatic carbocycles. The first-order valence-corrected chi connectivity index (χ1v) is 11.0. The van der Waals surface area contributed by atoms with Gasteiger partial charge in [0, 0.05) is 32.3 Å². The van der Waals surface area contributed by atoms with Crippen molar-refractivity contribution in [3.63, 3.8) is 0 Å². The first-order chi connectivity index (χ1) is 14.6. The largest absolute Gasteiger partial charge is 0.454 e. The summed E-state index contributed by atoms with van der Waals surface area (Å²) in [4.78, 5) is 21.5. The molecule has 5 rings (SSSR count). The van der Waals surface area contributed by atoms with Gasteiger partial charge in [-0.2, -0.15) is 0 Å². The summed E-state index contributed by atoms with van der Waals surface area (Å²) < 4.78 is 11.7. The highest BCUT2D eigenvalue weighted by atomic mass is 35.5. The Hall–Kier alpha value is -2.77. The molecule has 3 aromatic rings. The number of amides is 1. The molecule has 0 bridgehead atoms. The van der Waals surface area contributed by atoms with Gasteiger partial charge in [0.05, 0.1) is 15.2 Å². The summed E-state index contributed by atoms with van der Waals surface area (Å²) in [6, 6.07) is 9.57. The summed E-state index contributed by atoms with van der Waals surface area (Å²) in [5.41, 5.74) is 3.00. The predicted molar refractivity (Wildman–Crippen MR) is 120 cm³/mol. The number of carbonyl (C=O) groups excluding carboxylic acids is 1. The number of benzene rings is 2.